The van der Waals surface area contributed by atoms with E-state index in [9.17, 15) is 4.79 Å². The maximum absolute atomic E-state index is 12.2. The maximum Gasteiger partial charge on any atom is 0.253 e. The summed E-state index contributed by atoms with van der Waals surface area (Å²) in [5.74, 6) is 1.20. The summed E-state index contributed by atoms with van der Waals surface area (Å²) >= 11 is 0. The standard InChI is InChI=1S/C13H18N2O/c1-2-10-3-4-12-11-5-9(6-14-7-11)8-15(12)13(10)16/h3-4,9,11,14H,2,5-8H2,1H3/t9-,11+/m0/s1. The fourth-order valence-electron chi connectivity index (χ4n) is 3.11. The van der Waals surface area contributed by atoms with E-state index < -0.39 is 0 Å². The second-order valence-electron chi connectivity index (χ2n) is 5.01. The molecule has 2 aliphatic heterocycles. The topological polar surface area (TPSA) is 34.0 Å². The zero-order valence-electron chi connectivity index (χ0n) is 9.70. The van der Waals surface area contributed by atoms with E-state index in [1.54, 1.807) is 0 Å². The summed E-state index contributed by atoms with van der Waals surface area (Å²) in [4.78, 5) is 12.2. The minimum Gasteiger partial charge on any atom is -0.316 e. The predicted octanol–water partition coefficient (Wildman–Crippen LogP) is 1.12. The molecule has 2 bridgehead atoms. The molecule has 0 spiro atoms. The number of piperidine rings is 1. The Bertz CT molecular complexity index is 463. The smallest absolute Gasteiger partial charge is 0.253 e. The fourth-order valence-corrected chi connectivity index (χ4v) is 3.11. The van der Waals surface area contributed by atoms with Gasteiger partial charge in [0.2, 0.25) is 0 Å². The second-order valence-corrected chi connectivity index (χ2v) is 5.01. The van der Waals surface area contributed by atoms with Crippen molar-refractivity contribution in [2.45, 2.75) is 32.2 Å². The molecule has 0 aliphatic carbocycles. The number of aryl methyl sites for hydroxylation is 1. The summed E-state index contributed by atoms with van der Waals surface area (Å²) in [6.45, 7) is 5.06. The number of aromatic nitrogens is 1. The van der Waals surface area contributed by atoms with E-state index >= 15 is 0 Å². The Balaban J connectivity index is 2.13. The molecule has 1 N–H and O–H groups in total. The molecule has 3 heteroatoms. The molecule has 3 heterocycles. The molecular weight excluding hydrogens is 200 g/mol. The molecule has 0 radical (unpaired) electrons. The van der Waals surface area contributed by atoms with Gasteiger partial charge in [0, 0.05) is 30.3 Å². The van der Waals surface area contributed by atoms with Crippen LogP contribution in [0.4, 0.5) is 0 Å². The lowest BCUT2D eigenvalue weighted by Crippen LogP contribution is -2.45. The van der Waals surface area contributed by atoms with Crippen LogP contribution < -0.4 is 10.9 Å². The quantitative estimate of drug-likeness (QED) is 0.766. The molecule has 3 nitrogen and oxygen atoms in total. The first-order valence-electron chi connectivity index (χ1n) is 6.23. The van der Waals surface area contributed by atoms with E-state index in [2.05, 4.69) is 18.3 Å². The number of hydrogen-bond acceptors (Lipinski definition) is 2. The van der Waals surface area contributed by atoms with E-state index in [4.69, 9.17) is 0 Å². The number of pyridine rings is 1. The van der Waals surface area contributed by atoms with Gasteiger partial charge >= 0.3 is 0 Å². The monoisotopic (exact) mass is 218 g/mol. The Kier molecular flexibility index (Phi) is 2.36. The van der Waals surface area contributed by atoms with Gasteiger partial charge in [-0.15, -0.1) is 0 Å². The van der Waals surface area contributed by atoms with Crippen LogP contribution in [0.1, 0.15) is 30.5 Å². The Morgan fingerprint density at radius 1 is 1.44 bits per heavy atom. The van der Waals surface area contributed by atoms with Crippen molar-refractivity contribution in [1.29, 1.82) is 0 Å². The third-order valence-corrected chi connectivity index (χ3v) is 3.97. The fraction of sp³-hybridized carbons (Fsp3) is 0.615. The van der Waals surface area contributed by atoms with E-state index in [-0.39, 0.29) is 5.56 Å². The molecule has 16 heavy (non-hydrogen) atoms. The Hall–Kier alpha value is -1.09. The van der Waals surface area contributed by atoms with Crippen molar-refractivity contribution in [3.8, 4) is 0 Å². The SMILES string of the molecule is CCc1ccc2n(c1=O)C[C@@H]1CNC[C@H]2C1. The zero-order chi connectivity index (χ0) is 11.1. The molecule has 2 aliphatic rings. The average molecular weight is 218 g/mol. The lowest BCUT2D eigenvalue weighted by Gasteiger charge is -2.37. The summed E-state index contributed by atoms with van der Waals surface area (Å²) in [5, 5.41) is 3.46. The van der Waals surface area contributed by atoms with Crippen LogP contribution in [0.15, 0.2) is 16.9 Å². The van der Waals surface area contributed by atoms with E-state index in [1.165, 1.54) is 12.1 Å². The highest BCUT2D eigenvalue weighted by molar-refractivity contribution is 5.22. The highest BCUT2D eigenvalue weighted by Crippen LogP contribution is 2.31. The van der Waals surface area contributed by atoms with Gasteiger partial charge in [-0.1, -0.05) is 13.0 Å². The van der Waals surface area contributed by atoms with Crippen molar-refractivity contribution in [1.82, 2.24) is 9.88 Å². The molecule has 1 fully saturated rings. The van der Waals surface area contributed by atoms with Gasteiger partial charge in [-0.3, -0.25) is 4.79 Å². The second kappa shape index (κ2) is 3.74. The van der Waals surface area contributed by atoms with Gasteiger partial charge in [0.05, 0.1) is 0 Å². The minimum absolute atomic E-state index is 0.247. The number of nitrogens with zero attached hydrogens (tertiary/aromatic N) is 1. The summed E-state index contributed by atoms with van der Waals surface area (Å²) in [6, 6.07) is 4.18. The van der Waals surface area contributed by atoms with E-state index in [0.717, 1.165) is 31.6 Å². The predicted molar refractivity (Wildman–Crippen MR) is 63.8 cm³/mol. The zero-order valence-corrected chi connectivity index (χ0v) is 9.70. The maximum atomic E-state index is 12.2. The highest BCUT2D eigenvalue weighted by Gasteiger charge is 2.30. The average Bonchev–Trinajstić information content (AvgIpc) is 2.31. The number of nitrogens with one attached hydrogen (secondary N) is 1. The molecule has 86 valence electrons. The summed E-state index contributed by atoms with van der Waals surface area (Å²) in [5.41, 5.74) is 2.44. The van der Waals surface area contributed by atoms with Crippen molar-refractivity contribution >= 4 is 0 Å². The highest BCUT2D eigenvalue weighted by atomic mass is 16.1. The normalized spacial score (nSPS) is 27.6. The summed E-state index contributed by atoms with van der Waals surface area (Å²) in [7, 11) is 0. The molecule has 1 aromatic heterocycles. The van der Waals surface area contributed by atoms with Crippen LogP contribution in [0.5, 0.6) is 0 Å². The molecule has 0 amide bonds. The molecular formula is C13H18N2O. The molecule has 0 unspecified atom stereocenters. The van der Waals surface area contributed by atoms with Gasteiger partial charge in [0.25, 0.3) is 5.56 Å². The number of rotatable bonds is 1. The van der Waals surface area contributed by atoms with E-state index in [0.29, 0.717) is 11.8 Å². The van der Waals surface area contributed by atoms with Crippen LogP contribution in [-0.2, 0) is 13.0 Å². The third-order valence-electron chi connectivity index (χ3n) is 3.97. The van der Waals surface area contributed by atoms with Crippen molar-refractivity contribution in [3.63, 3.8) is 0 Å². The molecule has 0 saturated carbocycles. The van der Waals surface area contributed by atoms with Crippen molar-refractivity contribution in [2.24, 2.45) is 5.92 Å². The Morgan fingerprint density at radius 3 is 3.12 bits per heavy atom. The van der Waals surface area contributed by atoms with Gasteiger partial charge in [-0.05, 0) is 31.4 Å². The van der Waals surface area contributed by atoms with Crippen LogP contribution in [-0.4, -0.2) is 17.7 Å². The van der Waals surface area contributed by atoms with Gasteiger partial charge in [0.15, 0.2) is 0 Å². The largest absolute Gasteiger partial charge is 0.316 e. The van der Waals surface area contributed by atoms with Crippen LogP contribution >= 0.6 is 0 Å². The lowest BCUT2D eigenvalue weighted by atomic mass is 9.84. The first-order valence-corrected chi connectivity index (χ1v) is 6.23. The first kappa shape index (κ1) is 10.1. The Morgan fingerprint density at radius 2 is 2.31 bits per heavy atom. The molecule has 2 atom stereocenters. The Labute approximate surface area is 95.5 Å². The molecule has 0 aromatic carbocycles. The summed E-state index contributed by atoms with van der Waals surface area (Å²) < 4.78 is 2.03. The van der Waals surface area contributed by atoms with E-state index in [1.807, 2.05) is 10.6 Å². The third kappa shape index (κ3) is 1.42. The molecule has 3 rings (SSSR count). The van der Waals surface area contributed by atoms with Crippen LogP contribution in [0.3, 0.4) is 0 Å². The van der Waals surface area contributed by atoms with Crippen molar-refractivity contribution in [3.05, 3.63) is 33.7 Å². The number of hydrogen-bond donors (Lipinski definition) is 1. The van der Waals surface area contributed by atoms with Crippen LogP contribution in [0, 0.1) is 5.92 Å². The van der Waals surface area contributed by atoms with Crippen molar-refractivity contribution < 1.29 is 0 Å². The molecule has 1 aromatic rings. The lowest BCUT2D eigenvalue weighted by molar-refractivity contribution is 0.256. The van der Waals surface area contributed by atoms with Gasteiger partial charge in [-0.2, -0.15) is 0 Å². The number of fused-ring (bicyclic) bond motifs is 4. The van der Waals surface area contributed by atoms with Gasteiger partial charge < -0.3 is 9.88 Å². The van der Waals surface area contributed by atoms with Gasteiger partial charge in [0.1, 0.15) is 0 Å². The first-order chi connectivity index (χ1) is 7.79. The van der Waals surface area contributed by atoms with Gasteiger partial charge in [-0.25, -0.2) is 0 Å². The summed E-state index contributed by atoms with van der Waals surface area (Å²) in [6.07, 6.45) is 2.09. The molecule has 1 saturated heterocycles. The minimum atomic E-state index is 0.247. The van der Waals surface area contributed by atoms with Crippen LogP contribution in [0.25, 0.3) is 0 Å². The van der Waals surface area contributed by atoms with Crippen LogP contribution in [0.2, 0.25) is 0 Å². The van der Waals surface area contributed by atoms with Crippen molar-refractivity contribution in [2.75, 3.05) is 13.1 Å².